The first kappa shape index (κ1) is 15.2. The quantitative estimate of drug-likeness (QED) is 0.831. The number of benzene rings is 2. The van der Waals surface area contributed by atoms with Crippen molar-refractivity contribution in [3.63, 3.8) is 0 Å². The molecule has 0 saturated heterocycles. The second kappa shape index (κ2) is 6.99. The number of nitrogen functional groups attached to an aromatic ring is 1. The van der Waals surface area contributed by atoms with Crippen molar-refractivity contribution < 1.29 is 9.53 Å². The maximum Gasteiger partial charge on any atom is 0.228 e. The Balaban J connectivity index is 1.99. The van der Waals surface area contributed by atoms with Crippen LogP contribution in [-0.4, -0.2) is 12.5 Å². The Morgan fingerprint density at radius 1 is 1.24 bits per heavy atom. The van der Waals surface area contributed by atoms with E-state index < -0.39 is 0 Å². The minimum Gasteiger partial charge on any atom is -0.494 e. The molecule has 3 N–H and O–H groups in total. The Hall–Kier alpha value is -2.20. The zero-order valence-corrected chi connectivity index (χ0v) is 12.5. The smallest absolute Gasteiger partial charge is 0.228 e. The van der Waals surface area contributed by atoms with Gasteiger partial charge in [0.1, 0.15) is 5.75 Å². The molecule has 0 aliphatic heterocycles. The number of nitrogens with two attached hydrogens (primary N) is 1. The van der Waals surface area contributed by atoms with Crippen molar-refractivity contribution in [3.8, 4) is 5.75 Å². The molecule has 21 heavy (non-hydrogen) atoms. The van der Waals surface area contributed by atoms with Gasteiger partial charge in [0.15, 0.2) is 0 Å². The fourth-order valence-electron chi connectivity index (χ4n) is 1.89. The number of nitrogens with one attached hydrogen (secondary N) is 1. The van der Waals surface area contributed by atoms with Gasteiger partial charge in [-0.2, -0.15) is 0 Å². The monoisotopic (exact) mass is 304 g/mol. The summed E-state index contributed by atoms with van der Waals surface area (Å²) in [6.45, 7) is 2.55. The highest BCUT2D eigenvalue weighted by Gasteiger charge is 2.07. The van der Waals surface area contributed by atoms with Gasteiger partial charge in [-0.25, -0.2) is 0 Å². The van der Waals surface area contributed by atoms with Crippen LogP contribution in [0.3, 0.4) is 0 Å². The molecule has 0 aliphatic carbocycles. The van der Waals surface area contributed by atoms with E-state index in [4.69, 9.17) is 22.1 Å². The van der Waals surface area contributed by atoms with Crippen LogP contribution in [0.2, 0.25) is 5.02 Å². The topological polar surface area (TPSA) is 64.3 Å². The van der Waals surface area contributed by atoms with Gasteiger partial charge in [0, 0.05) is 5.69 Å². The van der Waals surface area contributed by atoms with E-state index in [9.17, 15) is 4.79 Å². The average Bonchev–Trinajstić information content (AvgIpc) is 2.45. The zero-order valence-electron chi connectivity index (χ0n) is 11.7. The van der Waals surface area contributed by atoms with Crippen molar-refractivity contribution >= 4 is 28.9 Å². The predicted octanol–water partition coefficient (Wildman–Crippen LogP) is 3.50. The van der Waals surface area contributed by atoms with Crippen LogP contribution >= 0.6 is 11.6 Å². The molecule has 0 fully saturated rings. The Morgan fingerprint density at radius 3 is 2.62 bits per heavy atom. The molecule has 2 aromatic rings. The SMILES string of the molecule is CCOc1ccc(CC(=O)Nc2cc(N)ccc2Cl)cc1. The summed E-state index contributed by atoms with van der Waals surface area (Å²) in [6.07, 6.45) is 0.261. The molecule has 0 aromatic heterocycles. The van der Waals surface area contributed by atoms with Crippen molar-refractivity contribution in [2.75, 3.05) is 17.7 Å². The highest BCUT2D eigenvalue weighted by atomic mass is 35.5. The Bertz CT molecular complexity index is 627. The maximum atomic E-state index is 12.0. The second-order valence-electron chi connectivity index (χ2n) is 4.54. The van der Waals surface area contributed by atoms with Gasteiger partial charge in [0.25, 0.3) is 0 Å². The first-order valence-corrected chi connectivity index (χ1v) is 7.03. The van der Waals surface area contributed by atoms with Gasteiger partial charge < -0.3 is 15.8 Å². The number of ether oxygens (including phenoxy) is 1. The fraction of sp³-hybridized carbons (Fsp3) is 0.188. The molecule has 0 saturated carbocycles. The lowest BCUT2D eigenvalue weighted by Gasteiger charge is -2.09. The van der Waals surface area contributed by atoms with Crippen LogP contribution in [0, 0.1) is 0 Å². The zero-order chi connectivity index (χ0) is 15.2. The van der Waals surface area contributed by atoms with Gasteiger partial charge >= 0.3 is 0 Å². The lowest BCUT2D eigenvalue weighted by atomic mass is 10.1. The van der Waals surface area contributed by atoms with E-state index in [2.05, 4.69) is 5.32 Å². The van der Waals surface area contributed by atoms with Crippen LogP contribution in [0.25, 0.3) is 0 Å². The summed E-state index contributed by atoms with van der Waals surface area (Å²) in [5.74, 6) is 0.646. The van der Waals surface area contributed by atoms with Crippen LogP contribution in [0.5, 0.6) is 5.75 Å². The number of anilines is 2. The number of carbonyl (C=O) groups excluding carboxylic acids is 1. The van der Waals surface area contributed by atoms with E-state index in [0.717, 1.165) is 11.3 Å². The largest absolute Gasteiger partial charge is 0.494 e. The third-order valence-electron chi connectivity index (χ3n) is 2.86. The number of carbonyl (C=O) groups is 1. The van der Waals surface area contributed by atoms with Crippen LogP contribution in [0.1, 0.15) is 12.5 Å². The van der Waals surface area contributed by atoms with Crippen molar-refractivity contribution in [1.29, 1.82) is 0 Å². The first-order chi connectivity index (χ1) is 10.1. The molecule has 5 heteroatoms. The van der Waals surface area contributed by atoms with Crippen LogP contribution in [-0.2, 0) is 11.2 Å². The molecule has 1 amide bonds. The van der Waals surface area contributed by atoms with E-state index in [1.54, 1.807) is 18.2 Å². The Kier molecular flexibility index (Phi) is 5.06. The number of amides is 1. The second-order valence-corrected chi connectivity index (χ2v) is 4.95. The highest BCUT2D eigenvalue weighted by molar-refractivity contribution is 6.33. The van der Waals surface area contributed by atoms with Crippen molar-refractivity contribution in [2.24, 2.45) is 0 Å². The molecule has 2 rings (SSSR count). The number of hydrogen-bond acceptors (Lipinski definition) is 3. The number of halogens is 1. The molecule has 0 heterocycles. The Labute approximate surface area is 128 Å². The molecule has 0 unspecified atom stereocenters. The molecule has 110 valence electrons. The van der Waals surface area contributed by atoms with Gasteiger partial charge in [-0.05, 0) is 42.8 Å². The summed E-state index contributed by atoms with van der Waals surface area (Å²) in [5, 5.41) is 3.22. The summed E-state index contributed by atoms with van der Waals surface area (Å²) in [7, 11) is 0. The third-order valence-corrected chi connectivity index (χ3v) is 3.19. The fourth-order valence-corrected chi connectivity index (χ4v) is 2.05. The summed E-state index contributed by atoms with van der Waals surface area (Å²) in [6, 6.07) is 12.4. The summed E-state index contributed by atoms with van der Waals surface area (Å²) >= 11 is 6.01. The lowest BCUT2D eigenvalue weighted by molar-refractivity contribution is -0.115. The van der Waals surface area contributed by atoms with E-state index in [-0.39, 0.29) is 12.3 Å². The summed E-state index contributed by atoms with van der Waals surface area (Å²) in [4.78, 5) is 12.0. The van der Waals surface area contributed by atoms with Gasteiger partial charge in [0.05, 0.1) is 23.7 Å². The minimum absolute atomic E-state index is 0.147. The van der Waals surface area contributed by atoms with E-state index >= 15 is 0 Å². The average molecular weight is 305 g/mol. The summed E-state index contributed by atoms with van der Waals surface area (Å²) < 4.78 is 5.36. The normalized spacial score (nSPS) is 10.2. The van der Waals surface area contributed by atoms with Crippen molar-refractivity contribution in [3.05, 3.63) is 53.1 Å². The molecule has 0 aliphatic rings. The molecule has 4 nitrogen and oxygen atoms in total. The highest BCUT2D eigenvalue weighted by Crippen LogP contribution is 2.24. The molecular formula is C16H17ClN2O2. The van der Waals surface area contributed by atoms with Crippen LogP contribution in [0.15, 0.2) is 42.5 Å². The molecular weight excluding hydrogens is 288 g/mol. The maximum absolute atomic E-state index is 12.0. The molecule has 2 aromatic carbocycles. The van der Waals surface area contributed by atoms with Crippen LogP contribution < -0.4 is 15.8 Å². The Morgan fingerprint density at radius 2 is 1.95 bits per heavy atom. The van der Waals surface area contributed by atoms with Gasteiger partial charge in [-0.15, -0.1) is 0 Å². The van der Waals surface area contributed by atoms with E-state index in [1.165, 1.54) is 0 Å². The van der Waals surface area contributed by atoms with Crippen molar-refractivity contribution in [2.45, 2.75) is 13.3 Å². The predicted molar refractivity (Wildman–Crippen MR) is 85.8 cm³/mol. The molecule has 0 radical (unpaired) electrons. The molecule has 0 bridgehead atoms. The van der Waals surface area contributed by atoms with Gasteiger partial charge in [0.2, 0.25) is 5.91 Å². The number of rotatable bonds is 5. The molecule has 0 spiro atoms. The van der Waals surface area contributed by atoms with E-state index in [0.29, 0.717) is 23.0 Å². The standard InChI is InChI=1S/C16H17ClN2O2/c1-2-21-13-6-3-11(4-7-13)9-16(20)19-15-10-12(18)5-8-14(15)17/h3-8,10H,2,9,18H2,1H3,(H,19,20). The summed E-state index contributed by atoms with van der Waals surface area (Å²) in [5.41, 5.74) is 7.65. The van der Waals surface area contributed by atoms with Crippen molar-refractivity contribution in [1.82, 2.24) is 0 Å². The van der Waals surface area contributed by atoms with Crippen LogP contribution in [0.4, 0.5) is 11.4 Å². The lowest BCUT2D eigenvalue weighted by Crippen LogP contribution is -2.14. The minimum atomic E-state index is -0.147. The van der Waals surface area contributed by atoms with Gasteiger partial charge in [-0.3, -0.25) is 4.79 Å². The third kappa shape index (κ3) is 4.39. The first-order valence-electron chi connectivity index (χ1n) is 6.65. The molecule has 0 atom stereocenters. The van der Waals surface area contributed by atoms with E-state index in [1.807, 2.05) is 31.2 Å². The van der Waals surface area contributed by atoms with Gasteiger partial charge in [-0.1, -0.05) is 23.7 Å². The number of hydrogen-bond donors (Lipinski definition) is 2.